The molecule has 0 aliphatic carbocycles. The quantitative estimate of drug-likeness (QED) is 0.268. The Balaban J connectivity index is 1.70. The number of hydrogen-bond acceptors (Lipinski definition) is 3. The molecular weight excluding hydrogens is 398 g/mol. The second-order valence-corrected chi connectivity index (χ2v) is 6.50. The summed E-state index contributed by atoms with van der Waals surface area (Å²) in [5.74, 6) is -0.934. The molecule has 0 aromatic heterocycles. The number of esters is 1. The molecule has 3 rings (SSSR count). The van der Waals surface area contributed by atoms with E-state index < -0.39 is 17.6 Å². The Morgan fingerprint density at radius 3 is 2.17 bits per heavy atom. The minimum atomic E-state index is -0.513. The van der Waals surface area contributed by atoms with Crippen molar-refractivity contribution in [2.75, 3.05) is 13.2 Å². The lowest BCUT2D eigenvalue weighted by Crippen LogP contribution is -2.10. The normalized spacial score (nSPS) is 10.4. The molecule has 3 aromatic carbocycles. The molecule has 0 N–H and O–H groups in total. The van der Waals surface area contributed by atoms with Gasteiger partial charge in [0.05, 0.1) is 0 Å². The van der Waals surface area contributed by atoms with Gasteiger partial charge in [-0.25, -0.2) is 13.6 Å². The van der Waals surface area contributed by atoms with Crippen molar-refractivity contribution in [1.82, 2.24) is 0 Å². The van der Waals surface area contributed by atoms with Crippen LogP contribution in [-0.4, -0.2) is 19.2 Å². The van der Waals surface area contributed by atoms with Crippen LogP contribution < -0.4 is 4.74 Å². The van der Waals surface area contributed by atoms with Crippen molar-refractivity contribution in [3.63, 3.8) is 0 Å². The first-order chi connectivity index (χ1) is 14.0. The molecule has 29 heavy (non-hydrogen) atoms. The summed E-state index contributed by atoms with van der Waals surface area (Å²) in [5.41, 5.74) is 1.74. The van der Waals surface area contributed by atoms with Crippen LogP contribution in [0.25, 0.3) is 22.3 Å². The van der Waals surface area contributed by atoms with Crippen molar-refractivity contribution in [2.45, 2.75) is 0 Å². The first kappa shape index (κ1) is 20.6. The van der Waals surface area contributed by atoms with Crippen molar-refractivity contribution in [2.24, 2.45) is 0 Å². The topological polar surface area (TPSA) is 35.5 Å². The molecule has 0 saturated heterocycles. The maximum atomic E-state index is 14.7. The van der Waals surface area contributed by atoms with E-state index in [0.29, 0.717) is 22.4 Å². The molecule has 0 amide bonds. The van der Waals surface area contributed by atoms with Gasteiger partial charge in [0.15, 0.2) is 0 Å². The molecule has 0 heterocycles. The van der Waals surface area contributed by atoms with Crippen LogP contribution in [0.4, 0.5) is 8.78 Å². The summed E-state index contributed by atoms with van der Waals surface area (Å²) in [6.07, 6.45) is 1.08. The van der Waals surface area contributed by atoms with Crippen molar-refractivity contribution >= 4 is 17.6 Å². The number of benzene rings is 3. The van der Waals surface area contributed by atoms with Crippen LogP contribution in [-0.2, 0) is 9.53 Å². The molecule has 3 aromatic rings. The molecular formula is C23H17ClF2O3. The maximum absolute atomic E-state index is 14.7. The highest BCUT2D eigenvalue weighted by Crippen LogP contribution is 2.31. The lowest BCUT2D eigenvalue weighted by atomic mass is 9.99. The van der Waals surface area contributed by atoms with E-state index in [1.54, 1.807) is 42.5 Å². The zero-order chi connectivity index (χ0) is 20.8. The fourth-order valence-electron chi connectivity index (χ4n) is 2.73. The largest absolute Gasteiger partial charge is 0.490 e. The summed E-state index contributed by atoms with van der Waals surface area (Å²) in [7, 11) is 0. The van der Waals surface area contributed by atoms with Crippen LogP contribution in [0.15, 0.2) is 73.3 Å². The molecule has 0 fully saturated rings. The summed E-state index contributed by atoms with van der Waals surface area (Å²) in [4.78, 5) is 10.9. The van der Waals surface area contributed by atoms with Crippen LogP contribution >= 0.6 is 11.6 Å². The van der Waals surface area contributed by atoms with Gasteiger partial charge in [-0.05, 0) is 47.5 Å². The van der Waals surface area contributed by atoms with Gasteiger partial charge in [-0.3, -0.25) is 0 Å². The highest BCUT2D eigenvalue weighted by atomic mass is 35.5. The predicted octanol–water partition coefficient (Wildman–Crippen LogP) is 6.06. The van der Waals surface area contributed by atoms with E-state index in [1.165, 1.54) is 18.2 Å². The van der Waals surface area contributed by atoms with Crippen LogP contribution in [0, 0.1) is 11.6 Å². The van der Waals surface area contributed by atoms with E-state index in [1.807, 2.05) is 0 Å². The van der Waals surface area contributed by atoms with Gasteiger partial charge in [-0.2, -0.15) is 0 Å². The van der Waals surface area contributed by atoms with Gasteiger partial charge >= 0.3 is 5.97 Å². The minimum Gasteiger partial charge on any atom is -0.490 e. The zero-order valence-electron chi connectivity index (χ0n) is 15.3. The SMILES string of the molecule is C=CC(=O)OCCOc1ccc(-c2ccc(-c3ccc(Cl)cc3F)cc2F)cc1. The molecule has 148 valence electrons. The zero-order valence-corrected chi connectivity index (χ0v) is 16.1. The van der Waals surface area contributed by atoms with Gasteiger partial charge in [0.1, 0.15) is 30.6 Å². The highest BCUT2D eigenvalue weighted by molar-refractivity contribution is 6.30. The Bertz CT molecular complexity index is 1030. The highest BCUT2D eigenvalue weighted by Gasteiger charge is 2.11. The van der Waals surface area contributed by atoms with Gasteiger partial charge in [0, 0.05) is 22.2 Å². The van der Waals surface area contributed by atoms with E-state index in [-0.39, 0.29) is 23.8 Å². The second-order valence-electron chi connectivity index (χ2n) is 6.06. The molecule has 0 aliphatic rings. The van der Waals surface area contributed by atoms with Crippen LogP contribution in [0.5, 0.6) is 5.75 Å². The van der Waals surface area contributed by atoms with Crippen molar-refractivity contribution in [1.29, 1.82) is 0 Å². The third-order valence-corrected chi connectivity index (χ3v) is 4.37. The Labute approximate surface area is 172 Å². The summed E-state index contributed by atoms with van der Waals surface area (Å²) in [6, 6.07) is 15.6. The monoisotopic (exact) mass is 414 g/mol. The first-order valence-electron chi connectivity index (χ1n) is 8.75. The predicted molar refractivity (Wildman–Crippen MR) is 109 cm³/mol. The van der Waals surface area contributed by atoms with Crippen LogP contribution in [0.3, 0.4) is 0 Å². The van der Waals surface area contributed by atoms with Crippen LogP contribution in [0.2, 0.25) is 5.02 Å². The molecule has 6 heteroatoms. The average molecular weight is 415 g/mol. The van der Waals surface area contributed by atoms with E-state index in [2.05, 4.69) is 6.58 Å². The number of ether oxygens (including phenoxy) is 2. The number of carbonyl (C=O) groups is 1. The number of carbonyl (C=O) groups excluding carboxylic acids is 1. The second kappa shape index (κ2) is 9.34. The molecule has 0 aliphatic heterocycles. The molecule has 0 unspecified atom stereocenters. The summed E-state index contributed by atoms with van der Waals surface area (Å²) in [6.45, 7) is 3.59. The number of hydrogen-bond donors (Lipinski definition) is 0. The van der Waals surface area contributed by atoms with Crippen molar-refractivity contribution < 1.29 is 23.0 Å². The lowest BCUT2D eigenvalue weighted by Gasteiger charge is -2.10. The molecule has 0 spiro atoms. The third-order valence-electron chi connectivity index (χ3n) is 4.14. The van der Waals surface area contributed by atoms with E-state index in [9.17, 15) is 13.6 Å². The van der Waals surface area contributed by atoms with E-state index in [0.717, 1.165) is 6.08 Å². The van der Waals surface area contributed by atoms with Gasteiger partial charge in [0.25, 0.3) is 0 Å². The smallest absolute Gasteiger partial charge is 0.330 e. The van der Waals surface area contributed by atoms with Gasteiger partial charge < -0.3 is 9.47 Å². The van der Waals surface area contributed by atoms with Gasteiger partial charge in [0.2, 0.25) is 0 Å². The third kappa shape index (κ3) is 5.21. The minimum absolute atomic E-state index is 0.101. The van der Waals surface area contributed by atoms with Gasteiger partial charge in [-0.1, -0.05) is 42.4 Å². The van der Waals surface area contributed by atoms with Crippen LogP contribution in [0.1, 0.15) is 0 Å². The summed E-state index contributed by atoms with van der Waals surface area (Å²) < 4.78 is 39.0. The fraction of sp³-hybridized carbons (Fsp3) is 0.0870. The fourth-order valence-corrected chi connectivity index (χ4v) is 2.89. The lowest BCUT2D eigenvalue weighted by molar-refractivity contribution is -0.138. The molecule has 0 radical (unpaired) electrons. The van der Waals surface area contributed by atoms with Gasteiger partial charge in [-0.15, -0.1) is 0 Å². The Morgan fingerprint density at radius 1 is 0.897 bits per heavy atom. The summed E-state index contributed by atoms with van der Waals surface area (Å²) in [5, 5.41) is 0.282. The summed E-state index contributed by atoms with van der Waals surface area (Å²) >= 11 is 5.76. The number of rotatable bonds is 7. The van der Waals surface area contributed by atoms with E-state index in [4.69, 9.17) is 21.1 Å². The van der Waals surface area contributed by atoms with Crippen molar-refractivity contribution in [3.05, 3.63) is 90.0 Å². The number of halogens is 3. The first-order valence-corrected chi connectivity index (χ1v) is 9.13. The van der Waals surface area contributed by atoms with Crippen molar-refractivity contribution in [3.8, 4) is 28.0 Å². The Hall–Kier alpha value is -3.18. The Morgan fingerprint density at radius 2 is 1.52 bits per heavy atom. The molecule has 3 nitrogen and oxygen atoms in total. The molecule has 0 saturated carbocycles. The molecule has 0 atom stereocenters. The average Bonchev–Trinajstić information content (AvgIpc) is 2.71. The van der Waals surface area contributed by atoms with E-state index >= 15 is 0 Å². The molecule has 0 bridgehead atoms. The standard InChI is InChI=1S/C23H17ClF2O3/c1-2-23(27)29-12-11-28-18-7-3-15(4-8-18)19-9-5-16(13-21(19)25)20-10-6-17(24)14-22(20)26/h2-10,13-14H,1,11-12H2. The maximum Gasteiger partial charge on any atom is 0.330 e. The Kier molecular flexibility index (Phi) is 6.62.